The molecule has 2 amide bonds. The molecule has 5 nitrogen and oxygen atoms in total. The van der Waals surface area contributed by atoms with Gasteiger partial charge in [-0.2, -0.15) is 0 Å². The van der Waals surface area contributed by atoms with E-state index in [0.29, 0.717) is 17.3 Å². The Hall–Kier alpha value is -1.08. The second kappa shape index (κ2) is 5.23. The summed E-state index contributed by atoms with van der Waals surface area (Å²) >= 11 is 3.14. The van der Waals surface area contributed by atoms with Crippen LogP contribution in [-0.2, 0) is 15.0 Å². The molecule has 2 saturated heterocycles. The average Bonchev–Trinajstić information content (AvgIpc) is 3.06. The summed E-state index contributed by atoms with van der Waals surface area (Å²) in [5, 5.41) is 5.48. The fraction of sp³-hybridized carbons (Fsp3) is 0.667. The molecule has 0 spiro atoms. The first-order valence-electron chi connectivity index (χ1n) is 7.44. The van der Waals surface area contributed by atoms with Gasteiger partial charge in [-0.1, -0.05) is 20.8 Å². The zero-order valence-corrected chi connectivity index (χ0v) is 14.9. The minimum atomic E-state index is -0.382. The standard InChI is InChI=1S/C15H21N3O2S2/c1-14(2,3)10-8-21-13(16-10)17-12(20)9-7-22-15(4)6-5-11(19)18(9)15/h8-9H,5-7H2,1-4H3,(H,16,17,20). The van der Waals surface area contributed by atoms with Crippen molar-refractivity contribution in [3.63, 3.8) is 0 Å². The summed E-state index contributed by atoms with van der Waals surface area (Å²) in [6, 6.07) is -0.382. The van der Waals surface area contributed by atoms with Gasteiger partial charge < -0.3 is 10.2 Å². The molecule has 22 heavy (non-hydrogen) atoms. The fourth-order valence-electron chi connectivity index (χ4n) is 2.88. The van der Waals surface area contributed by atoms with Crippen LogP contribution in [0.2, 0.25) is 0 Å². The SMILES string of the molecule is CC(C)(C)c1csc(NC(=O)C2CSC3(C)CCC(=O)N23)n1. The van der Waals surface area contributed by atoms with Crippen LogP contribution in [0.5, 0.6) is 0 Å². The van der Waals surface area contributed by atoms with E-state index in [4.69, 9.17) is 0 Å². The monoisotopic (exact) mass is 339 g/mol. The summed E-state index contributed by atoms with van der Waals surface area (Å²) in [7, 11) is 0. The number of fused-ring (bicyclic) bond motifs is 1. The molecule has 7 heteroatoms. The highest BCUT2D eigenvalue weighted by Crippen LogP contribution is 2.47. The third-order valence-electron chi connectivity index (χ3n) is 4.25. The van der Waals surface area contributed by atoms with Gasteiger partial charge in [0.1, 0.15) is 6.04 Å². The Morgan fingerprint density at radius 1 is 1.50 bits per heavy atom. The minimum absolute atomic E-state index is 0.0355. The number of anilines is 1. The van der Waals surface area contributed by atoms with Crippen LogP contribution < -0.4 is 5.32 Å². The van der Waals surface area contributed by atoms with Crippen molar-refractivity contribution in [1.29, 1.82) is 0 Å². The molecule has 2 atom stereocenters. The molecular formula is C15H21N3O2S2. The van der Waals surface area contributed by atoms with Gasteiger partial charge in [-0.25, -0.2) is 4.98 Å². The van der Waals surface area contributed by atoms with Crippen molar-refractivity contribution in [2.45, 2.75) is 56.9 Å². The van der Waals surface area contributed by atoms with E-state index in [1.165, 1.54) is 11.3 Å². The number of hydrogen-bond acceptors (Lipinski definition) is 5. The molecule has 1 aromatic heterocycles. The smallest absolute Gasteiger partial charge is 0.249 e. The molecular weight excluding hydrogens is 318 g/mol. The van der Waals surface area contributed by atoms with Gasteiger partial charge in [0.15, 0.2) is 5.13 Å². The van der Waals surface area contributed by atoms with E-state index in [-0.39, 0.29) is 28.1 Å². The molecule has 3 heterocycles. The number of nitrogens with zero attached hydrogens (tertiary/aromatic N) is 2. The van der Waals surface area contributed by atoms with Gasteiger partial charge in [0.25, 0.3) is 0 Å². The molecule has 2 fully saturated rings. The Balaban J connectivity index is 1.73. The van der Waals surface area contributed by atoms with Crippen LogP contribution in [0.4, 0.5) is 5.13 Å². The highest BCUT2D eigenvalue weighted by Gasteiger charge is 2.52. The predicted molar refractivity (Wildman–Crippen MR) is 90.2 cm³/mol. The number of aromatic nitrogens is 1. The van der Waals surface area contributed by atoms with Crippen LogP contribution >= 0.6 is 23.1 Å². The van der Waals surface area contributed by atoms with E-state index in [9.17, 15) is 9.59 Å². The number of thiazole rings is 1. The van der Waals surface area contributed by atoms with Crippen molar-refractivity contribution in [2.24, 2.45) is 0 Å². The van der Waals surface area contributed by atoms with Gasteiger partial charge in [0, 0.05) is 23.0 Å². The van der Waals surface area contributed by atoms with Gasteiger partial charge in [0.2, 0.25) is 11.8 Å². The van der Waals surface area contributed by atoms with Crippen LogP contribution in [0.15, 0.2) is 5.38 Å². The molecule has 0 radical (unpaired) electrons. The van der Waals surface area contributed by atoms with Gasteiger partial charge in [-0.05, 0) is 13.3 Å². The lowest BCUT2D eigenvalue weighted by Gasteiger charge is -2.29. The lowest BCUT2D eigenvalue weighted by Crippen LogP contribution is -2.48. The van der Waals surface area contributed by atoms with Crippen LogP contribution in [0.25, 0.3) is 0 Å². The highest BCUT2D eigenvalue weighted by molar-refractivity contribution is 8.01. The van der Waals surface area contributed by atoms with Crippen LogP contribution in [0.1, 0.15) is 46.2 Å². The highest BCUT2D eigenvalue weighted by atomic mass is 32.2. The summed E-state index contributed by atoms with van der Waals surface area (Å²) in [5.74, 6) is 0.620. The third-order valence-corrected chi connectivity index (χ3v) is 6.51. The van der Waals surface area contributed by atoms with Crippen molar-refractivity contribution < 1.29 is 9.59 Å². The van der Waals surface area contributed by atoms with Gasteiger partial charge in [0.05, 0.1) is 10.6 Å². The number of hydrogen-bond donors (Lipinski definition) is 1. The second-order valence-corrected chi connectivity index (χ2v) is 9.40. The summed E-state index contributed by atoms with van der Waals surface area (Å²) in [6.07, 6.45) is 1.37. The molecule has 3 rings (SSSR count). The molecule has 2 aliphatic heterocycles. The van der Waals surface area contributed by atoms with E-state index in [0.717, 1.165) is 12.1 Å². The van der Waals surface area contributed by atoms with Gasteiger partial charge >= 0.3 is 0 Å². The van der Waals surface area contributed by atoms with Crippen molar-refractivity contribution in [2.75, 3.05) is 11.1 Å². The molecule has 2 unspecified atom stereocenters. The first-order chi connectivity index (χ1) is 10.2. The summed E-state index contributed by atoms with van der Waals surface area (Å²) in [4.78, 5) is 30.7. The summed E-state index contributed by atoms with van der Waals surface area (Å²) in [6.45, 7) is 8.33. The van der Waals surface area contributed by atoms with E-state index in [2.05, 4.69) is 38.0 Å². The maximum atomic E-state index is 12.6. The minimum Gasteiger partial charge on any atom is -0.315 e. The number of carbonyl (C=O) groups excluding carboxylic acids is 2. The summed E-state index contributed by atoms with van der Waals surface area (Å²) < 4.78 is 0. The maximum absolute atomic E-state index is 12.6. The normalized spacial score (nSPS) is 28.1. The van der Waals surface area contributed by atoms with Crippen LogP contribution in [0.3, 0.4) is 0 Å². The van der Waals surface area contributed by atoms with Crippen molar-refractivity contribution >= 4 is 40.0 Å². The average molecular weight is 339 g/mol. The van der Waals surface area contributed by atoms with E-state index in [1.807, 2.05) is 5.38 Å². The fourth-order valence-corrected chi connectivity index (χ4v) is 5.25. The number of rotatable bonds is 2. The zero-order chi connectivity index (χ0) is 16.1. The van der Waals surface area contributed by atoms with E-state index in [1.54, 1.807) is 16.7 Å². The first-order valence-corrected chi connectivity index (χ1v) is 9.30. The lowest BCUT2D eigenvalue weighted by atomic mass is 9.93. The Labute approximate surface area is 138 Å². The predicted octanol–water partition coefficient (Wildman–Crippen LogP) is 2.83. The van der Waals surface area contributed by atoms with Crippen LogP contribution in [-0.4, -0.2) is 38.4 Å². The molecule has 0 bridgehead atoms. The summed E-state index contributed by atoms with van der Waals surface area (Å²) in [5.41, 5.74) is 0.933. The zero-order valence-electron chi connectivity index (χ0n) is 13.3. The Morgan fingerprint density at radius 2 is 2.23 bits per heavy atom. The maximum Gasteiger partial charge on any atom is 0.249 e. The molecule has 1 N–H and O–H groups in total. The Morgan fingerprint density at radius 3 is 2.86 bits per heavy atom. The van der Waals surface area contributed by atoms with Crippen molar-refractivity contribution in [3.8, 4) is 0 Å². The Bertz CT molecular complexity index is 623. The molecule has 1 aromatic rings. The van der Waals surface area contributed by atoms with Gasteiger partial charge in [-0.15, -0.1) is 23.1 Å². The third kappa shape index (κ3) is 2.65. The molecule has 0 aliphatic carbocycles. The number of amides is 2. The number of nitrogens with one attached hydrogen (secondary N) is 1. The largest absolute Gasteiger partial charge is 0.315 e. The second-order valence-electron chi connectivity index (χ2n) is 7.04. The molecule has 0 saturated carbocycles. The quantitative estimate of drug-likeness (QED) is 0.900. The van der Waals surface area contributed by atoms with Crippen molar-refractivity contribution in [3.05, 3.63) is 11.1 Å². The van der Waals surface area contributed by atoms with Crippen molar-refractivity contribution in [1.82, 2.24) is 9.88 Å². The first kappa shape index (κ1) is 15.8. The Kier molecular flexibility index (Phi) is 3.76. The van der Waals surface area contributed by atoms with Gasteiger partial charge in [-0.3, -0.25) is 9.59 Å². The molecule has 120 valence electrons. The number of carbonyl (C=O) groups is 2. The van der Waals surface area contributed by atoms with E-state index >= 15 is 0 Å². The molecule has 2 aliphatic rings. The lowest BCUT2D eigenvalue weighted by molar-refractivity contribution is -0.135. The van der Waals surface area contributed by atoms with E-state index < -0.39 is 0 Å². The molecule has 0 aromatic carbocycles. The van der Waals surface area contributed by atoms with Crippen LogP contribution in [0, 0.1) is 0 Å². The number of thioether (sulfide) groups is 1. The topological polar surface area (TPSA) is 62.3 Å².